The second kappa shape index (κ2) is 4.81. The molecule has 1 aromatic rings. The van der Waals surface area contributed by atoms with E-state index in [-0.39, 0.29) is 6.10 Å². The highest BCUT2D eigenvalue weighted by molar-refractivity contribution is 5.32. The Hall–Kier alpha value is -0.820. The third-order valence-corrected chi connectivity index (χ3v) is 4.23. The van der Waals surface area contributed by atoms with Crippen molar-refractivity contribution in [2.24, 2.45) is 5.41 Å². The highest BCUT2D eigenvalue weighted by Gasteiger charge is 2.28. The van der Waals surface area contributed by atoms with E-state index in [4.69, 9.17) is 0 Å². The van der Waals surface area contributed by atoms with Crippen molar-refractivity contribution >= 4 is 0 Å². The van der Waals surface area contributed by atoms with Gasteiger partial charge in [-0.05, 0) is 55.1 Å². The van der Waals surface area contributed by atoms with Crippen LogP contribution in [0.25, 0.3) is 0 Å². The van der Waals surface area contributed by atoms with E-state index in [9.17, 15) is 5.11 Å². The van der Waals surface area contributed by atoms with Crippen molar-refractivity contribution in [2.75, 3.05) is 0 Å². The van der Waals surface area contributed by atoms with Gasteiger partial charge in [0.25, 0.3) is 0 Å². The maximum absolute atomic E-state index is 9.84. The van der Waals surface area contributed by atoms with Crippen LogP contribution < -0.4 is 0 Å². The molecule has 0 aromatic heterocycles. The van der Waals surface area contributed by atoms with E-state index in [1.54, 1.807) is 0 Å². The number of aliphatic hydroxyl groups is 1. The molecule has 1 unspecified atom stereocenters. The minimum Gasteiger partial charge on any atom is -0.389 e. The summed E-state index contributed by atoms with van der Waals surface area (Å²) < 4.78 is 0. The summed E-state index contributed by atoms with van der Waals surface area (Å²) in [6.45, 7) is 6.60. The van der Waals surface area contributed by atoms with Crippen molar-refractivity contribution in [3.63, 3.8) is 0 Å². The molecule has 1 heteroatoms. The largest absolute Gasteiger partial charge is 0.389 e. The van der Waals surface area contributed by atoms with Gasteiger partial charge < -0.3 is 5.11 Å². The van der Waals surface area contributed by atoms with Crippen molar-refractivity contribution in [3.05, 3.63) is 35.4 Å². The third-order valence-electron chi connectivity index (χ3n) is 4.23. The second-order valence-corrected chi connectivity index (χ2v) is 6.24. The summed E-state index contributed by atoms with van der Waals surface area (Å²) in [6.07, 6.45) is 4.77. The van der Waals surface area contributed by atoms with Crippen molar-refractivity contribution in [3.8, 4) is 0 Å². The molecule has 0 spiro atoms. The molecule has 1 atom stereocenters. The molecular formula is C16H24O. The standard InChI is InChI=1S/C16H24O/c1-12(17)14-6-4-5-7-15(14)13-8-10-16(2,3)11-9-13/h4-7,12-13,17H,8-11H2,1-3H3. The Balaban J connectivity index is 2.18. The van der Waals surface area contributed by atoms with Crippen LogP contribution in [0.1, 0.15) is 69.6 Å². The second-order valence-electron chi connectivity index (χ2n) is 6.24. The van der Waals surface area contributed by atoms with Gasteiger partial charge in [0.05, 0.1) is 6.10 Å². The molecule has 1 aliphatic rings. The van der Waals surface area contributed by atoms with E-state index >= 15 is 0 Å². The molecule has 1 nitrogen and oxygen atoms in total. The summed E-state index contributed by atoms with van der Waals surface area (Å²) in [7, 11) is 0. The molecule has 0 saturated heterocycles. The minimum atomic E-state index is -0.346. The monoisotopic (exact) mass is 232 g/mol. The molecule has 1 N–H and O–H groups in total. The Bertz CT molecular complexity index is 369. The minimum absolute atomic E-state index is 0.346. The molecule has 1 fully saturated rings. The zero-order chi connectivity index (χ0) is 12.5. The maximum Gasteiger partial charge on any atom is 0.0764 e. The molecule has 1 aliphatic carbocycles. The lowest BCUT2D eigenvalue weighted by Crippen LogP contribution is -2.21. The van der Waals surface area contributed by atoms with Crippen LogP contribution in [0.4, 0.5) is 0 Å². The lowest BCUT2D eigenvalue weighted by molar-refractivity contribution is 0.192. The van der Waals surface area contributed by atoms with Crippen LogP contribution >= 0.6 is 0 Å². The number of aliphatic hydroxyl groups excluding tert-OH is 1. The Morgan fingerprint density at radius 3 is 2.35 bits per heavy atom. The van der Waals surface area contributed by atoms with Crippen molar-refractivity contribution in [1.29, 1.82) is 0 Å². The average molecular weight is 232 g/mol. The predicted molar refractivity (Wildman–Crippen MR) is 72.1 cm³/mol. The van der Waals surface area contributed by atoms with E-state index in [0.717, 1.165) is 5.56 Å². The Morgan fingerprint density at radius 1 is 1.18 bits per heavy atom. The van der Waals surface area contributed by atoms with Gasteiger partial charge in [0, 0.05) is 0 Å². The predicted octanol–water partition coefficient (Wildman–Crippen LogP) is 4.42. The van der Waals surface area contributed by atoms with Gasteiger partial charge in [-0.1, -0.05) is 38.1 Å². The fourth-order valence-electron chi connectivity index (χ4n) is 2.97. The van der Waals surface area contributed by atoms with Gasteiger partial charge in [0.1, 0.15) is 0 Å². The molecule has 1 aromatic carbocycles. The fourth-order valence-corrected chi connectivity index (χ4v) is 2.97. The van der Waals surface area contributed by atoms with Crippen molar-refractivity contribution in [2.45, 2.75) is 58.5 Å². The first-order chi connectivity index (χ1) is 7.99. The lowest BCUT2D eigenvalue weighted by Gasteiger charge is -2.35. The topological polar surface area (TPSA) is 20.2 Å². The normalized spacial score (nSPS) is 22.4. The summed E-state index contributed by atoms with van der Waals surface area (Å²) in [5.74, 6) is 0.647. The summed E-state index contributed by atoms with van der Waals surface area (Å²) in [6, 6.07) is 8.39. The molecule has 0 heterocycles. The van der Waals surface area contributed by atoms with E-state index in [0.29, 0.717) is 11.3 Å². The van der Waals surface area contributed by atoms with Gasteiger partial charge in [0.15, 0.2) is 0 Å². The van der Waals surface area contributed by atoms with E-state index in [1.807, 2.05) is 13.0 Å². The average Bonchev–Trinajstić information content (AvgIpc) is 2.29. The van der Waals surface area contributed by atoms with Crippen LogP contribution in [0.3, 0.4) is 0 Å². The van der Waals surface area contributed by atoms with Crippen LogP contribution in [-0.2, 0) is 0 Å². The Kier molecular flexibility index (Phi) is 3.58. The van der Waals surface area contributed by atoms with E-state index in [2.05, 4.69) is 32.0 Å². The van der Waals surface area contributed by atoms with Crippen molar-refractivity contribution in [1.82, 2.24) is 0 Å². The Morgan fingerprint density at radius 2 is 1.76 bits per heavy atom. The molecular weight excluding hydrogens is 208 g/mol. The number of hydrogen-bond donors (Lipinski definition) is 1. The van der Waals surface area contributed by atoms with Crippen molar-refractivity contribution < 1.29 is 5.11 Å². The molecule has 0 amide bonds. The molecule has 94 valence electrons. The quantitative estimate of drug-likeness (QED) is 0.800. The number of rotatable bonds is 2. The lowest BCUT2D eigenvalue weighted by atomic mass is 9.70. The smallest absolute Gasteiger partial charge is 0.0764 e. The van der Waals surface area contributed by atoms with Crippen LogP contribution in [-0.4, -0.2) is 5.11 Å². The highest BCUT2D eigenvalue weighted by atomic mass is 16.3. The molecule has 0 radical (unpaired) electrons. The van der Waals surface area contributed by atoms with Gasteiger partial charge in [-0.25, -0.2) is 0 Å². The highest BCUT2D eigenvalue weighted by Crippen LogP contribution is 2.43. The molecule has 0 bridgehead atoms. The third kappa shape index (κ3) is 2.90. The summed E-state index contributed by atoms with van der Waals surface area (Å²) in [5.41, 5.74) is 3.01. The van der Waals surface area contributed by atoms with E-state index < -0.39 is 0 Å². The SMILES string of the molecule is CC(O)c1ccccc1C1CCC(C)(C)CC1. The van der Waals surface area contributed by atoms with Gasteiger partial charge >= 0.3 is 0 Å². The zero-order valence-electron chi connectivity index (χ0n) is 11.2. The molecule has 17 heavy (non-hydrogen) atoms. The van der Waals surface area contributed by atoms with Gasteiger partial charge in [0.2, 0.25) is 0 Å². The molecule has 0 aliphatic heterocycles. The van der Waals surface area contributed by atoms with Crippen LogP contribution in [0, 0.1) is 5.41 Å². The Labute approximate surface area is 105 Å². The van der Waals surface area contributed by atoms with Crippen LogP contribution in [0.15, 0.2) is 24.3 Å². The summed E-state index contributed by atoms with van der Waals surface area (Å²) in [4.78, 5) is 0. The molecule has 1 saturated carbocycles. The molecule has 2 rings (SSSR count). The summed E-state index contributed by atoms with van der Waals surface area (Å²) in [5, 5.41) is 9.84. The zero-order valence-corrected chi connectivity index (χ0v) is 11.2. The first kappa shape index (κ1) is 12.6. The fraction of sp³-hybridized carbons (Fsp3) is 0.625. The first-order valence-corrected chi connectivity index (χ1v) is 6.76. The number of hydrogen-bond acceptors (Lipinski definition) is 1. The van der Waals surface area contributed by atoms with Crippen LogP contribution in [0.2, 0.25) is 0 Å². The van der Waals surface area contributed by atoms with E-state index in [1.165, 1.54) is 31.2 Å². The maximum atomic E-state index is 9.84. The first-order valence-electron chi connectivity index (χ1n) is 6.76. The van der Waals surface area contributed by atoms with Crippen LogP contribution in [0.5, 0.6) is 0 Å². The number of benzene rings is 1. The summed E-state index contributed by atoms with van der Waals surface area (Å²) >= 11 is 0. The van der Waals surface area contributed by atoms with Gasteiger partial charge in [-0.3, -0.25) is 0 Å². The van der Waals surface area contributed by atoms with Gasteiger partial charge in [-0.15, -0.1) is 0 Å². The van der Waals surface area contributed by atoms with Gasteiger partial charge in [-0.2, -0.15) is 0 Å².